The largest absolute Gasteiger partial charge is 0.456 e. The first kappa shape index (κ1) is 20.8. The number of carbonyl (C=O) groups is 1. The van der Waals surface area contributed by atoms with Crippen LogP contribution in [-0.2, 0) is 21.4 Å². The molecule has 8 nitrogen and oxygen atoms in total. The summed E-state index contributed by atoms with van der Waals surface area (Å²) < 4.78 is 34.3. The number of rotatable bonds is 6. The van der Waals surface area contributed by atoms with Crippen LogP contribution in [0.15, 0.2) is 75.2 Å². The Labute approximate surface area is 181 Å². The number of aromatic nitrogens is 2. The van der Waals surface area contributed by atoms with Crippen LogP contribution in [0.25, 0.3) is 5.65 Å². The molecule has 0 amide bonds. The van der Waals surface area contributed by atoms with Gasteiger partial charge in [0.1, 0.15) is 16.5 Å². The van der Waals surface area contributed by atoms with Crippen LogP contribution in [0.3, 0.4) is 0 Å². The van der Waals surface area contributed by atoms with Crippen molar-refractivity contribution in [3.8, 4) is 0 Å². The third-order valence-electron chi connectivity index (χ3n) is 4.38. The molecule has 31 heavy (non-hydrogen) atoms. The highest BCUT2D eigenvalue weighted by Crippen LogP contribution is 2.23. The molecule has 0 unspecified atom stereocenters. The third-order valence-corrected chi connectivity index (χ3v) is 7.14. The second-order valence-electron chi connectivity index (χ2n) is 6.68. The summed E-state index contributed by atoms with van der Waals surface area (Å²) in [6.45, 7) is 1.65. The van der Waals surface area contributed by atoms with E-state index in [2.05, 4.69) is 9.71 Å². The predicted octanol–water partition coefficient (Wildman–Crippen LogP) is 3.22. The smallest absolute Gasteiger partial charge is 0.340 e. The first-order valence-corrected chi connectivity index (χ1v) is 11.5. The number of anilines is 1. The minimum absolute atomic E-state index is 0.0518. The monoisotopic (exact) mass is 455 g/mol. The van der Waals surface area contributed by atoms with Crippen LogP contribution in [0.5, 0.6) is 0 Å². The molecule has 0 fully saturated rings. The maximum atomic E-state index is 12.6. The lowest BCUT2D eigenvalue weighted by atomic mass is 10.2. The molecular weight excluding hydrogens is 438 g/mol. The molecule has 1 aromatic carbocycles. The van der Waals surface area contributed by atoms with Gasteiger partial charge in [-0.25, -0.2) is 18.2 Å². The zero-order valence-corrected chi connectivity index (χ0v) is 17.9. The summed E-state index contributed by atoms with van der Waals surface area (Å²) in [4.78, 5) is 29.3. The minimum Gasteiger partial charge on any atom is -0.456 e. The fourth-order valence-corrected chi connectivity index (χ4v) is 4.98. The highest BCUT2D eigenvalue weighted by Gasteiger charge is 2.20. The van der Waals surface area contributed by atoms with Gasteiger partial charge < -0.3 is 4.74 Å². The summed E-state index contributed by atoms with van der Waals surface area (Å²) in [7, 11) is -3.82. The van der Waals surface area contributed by atoms with E-state index in [0.717, 1.165) is 16.9 Å². The Balaban J connectivity index is 1.55. The number of esters is 1. The van der Waals surface area contributed by atoms with Crippen molar-refractivity contribution in [2.75, 3.05) is 4.72 Å². The lowest BCUT2D eigenvalue weighted by Crippen LogP contribution is -2.18. The number of pyridine rings is 1. The van der Waals surface area contributed by atoms with E-state index in [0.29, 0.717) is 11.3 Å². The lowest BCUT2D eigenvalue weighted by molar-refractivity contribution is 0.0469. The number of fused-ring (bicyclic) bond motifs is 1. The summed E-state index contributed by atoms with van der Waals surface area (Å²) in [6.07, 6.45) is 1.63. The number of ether oxygens (including phenoxy) is 1. The molecule has 0 saturated carbocycles. The van der Waals surface area contributed by atoms with Crippen molar-refractivity contribution in [2.45, 2.75) is 17.7 Å². The highest BCUT2D eigenvalue weighted by atomic mass is 32.2. The first-order valence-electron chi connectivity index (χ1n) is 9.15. The van der Waals surface area contributed by atoms with Gasteiger partial charge in [0.05, 0.1) is 16.9 Å². The molecule has 0 aliphatic heterocycles. The number of nitrogens with zero attached hydrogens (tertiary/aromatic N) is 2. The van der Waals surface area contributed by atoms with Crippen LogP contribution < -0.4 is 10.3 Å². The topological polar surface area (TPSA) is 107 Å². The number of nitrogens with one attached hydrogen (secondary N) is 1. The zero-order valence-electron chi connectivity index (χ0n) is 16.3. The van der Waals surface area contributed by atoms with Crippen LogP contribution in [-0.4, -0.2) is 23.8 Å². The molecule has 0 aliphatic carbocycles. The molecule has 0 aliphatic rings. The molecule has 0 radical (unpaired) electrons. The van der Waals surface area contributed by atoms with Gasteiger partial charge in [-0.05, 0) is 48.2 Å². The highest BCUT2D eigenvalue weighted by molar-refractivity contribution is 7.94. The predicted molar refractivity (Wildman–Crippen MR) is 117 cm³/mol. The number of hydrogen-bond acceptors (Lipinski definition) is 7. The normalized spacial score (nSPS) is 11.4. The molecule has 10 heteroatoms. The SMILES string of the molecule is Cc1ccn2c(=O)cc(COC(=O)c3ccccc3NS(=O)(=O)c3cccs3)nc2c1. The molecule has 0 bridgehead atoms. The maximum absolute atomic E-state index is 12.6. The van der Waals surface area contributed by atoms with E-state index in [1.807, 2.05) is 6.92 Å². The van der Waals surface area contributed by atoms with Crippen LogP contribution >= 0.6 is 11.3 Å². The van der Waals surface area contributed by atoms with Gasteiger partial charge in [0.25, 0.3) is 15.6 Å². The first-order chi connectivity index (χ1) is 14.8. The van der Waals surface area contributed by atoms with Crippen molar-refractivity contribution in [2.24, 2.45) is 0 Å². The lowest BCUT2D eigenvalue weighted by Gasteiger charge is -2.11. The van der Waals surface area contributed by atoms with Crippen molar-refractivity contribution in [1.29, 1.82) is 0 Å². The van der Waals surface area contributed by atoms with Crippen molar-refractivity contribution in [3.05, 3.63) is 93.3 Å². The van der Waals surface area contributed by atoms with E-state index >= 15 is 0 Å². The molecule has 0 spiro atoms. The number of thiophene rings is 1. The Morgan fingerprint density at radius 3 is 2.74 bits per heavy atom. The Morgan fingerprint density at radius 2 is 1.97 bits per heavy atom. The van der Waals surface area contributed by atoms with Gasteiger partial charge in [-0.2, -0.15) is 0 Å². The summed E-state index contributed by atoms with van der Waals surface area (Å²) in [5.41, 5.74) is 1.54. The van der Waals surface area contributed by atoms with Crippen molar-refractivity contribution >= 4 is 38.7 Å². The zero-order chi connectivity index (χ0) is 22.0. The molecule has 3 heterocycles. The van der Waals surface area contributed by atoms with Gasteiger partial charge in [0, 0.05) is 12.3 Å². The second kappa shape index (κ2) is 8.32. The van der Waals surface area contributed by atoms with Crippen LogP contribution in [0.1, 0.15) is 21.6 Å². The van der Waals surface area contributed by atoms with Gasteiger partial charge >= 0.3 is 5.97 Å². The van der Waals surface area contributed by atoms with E-state index in [1.54, 1.807) is 41.9 Å². The Morgan fingerprint density at radius 1 is 1.16 bits per heavy atom. The molecule has 0 atom stereocenters. The van der Waals surface area contributed by atoms with E-state index in [1.165, 1.54) is 28.7 Å². The van der Waals surface area contributed by atoms with Crippen molar-refractivity contribution < 1.29 is 17.9 Å². The average Bonchev–Trinajstić information content (AvgIpc) is 3.28. The number of carbonyl (C=O) groups excluding carboxylic acids is 1. The Bertz CT molecular complexity index is 1430. The molecule has 1 N–H and O–H groups in total. The Hall–Kier alpha value is -3.50. The second-order valence-corrected chi connectivity index (χ2v) is 9.53. The van der Waals surface area contributed by atoms with Gasteiger partial charge in [-0.1, -0.05) is 18.2 Å². The van der Waals surface area contributed by atoms with Gasteiger partial charge in [0.2, 0.25) is 0 Å². The molecule has 4 rings (SSSR count). The van der Waals surface area contributed by atoms with Crippen LogP contribution in [0, 0.1) is 6.92 Å². The van der Waals surface area contributed by atoms with E-state index in [9.17, 15) is 18.0 Å². The number of benzene rings is 1. The number of sulfonamides is 1. The molecule has 4 aromatic rings. The van der Waals surface area contributed by atoms with Gasteiger partial charge in [-0.3, -0.25) is 13.9 Å². The molecule has 3 aromatic heterocycles. The fraction of sp³-hybridized carbons (Fsp3) is 0.0952. The van der Waals surface area contributed by atoms with E-state index in [4.69, 9.17) is 4.74 Å². The van der Waals surface area contributed by atoms with Crippen molar-refractivity contribution in [3.63, 3.8) is 0 Å². The third kappa shape index (κ3) is 4.49. The summed E-state index contributed by atoms with van der Waals surface area (Å²) in [5, 5.41) is 1.65. The Kier molecular flexibility index (Phi) is 5.57. The number of aryl methyl sites for hydroxylation is 1. The van der Waals surface area contributed by atoms with Crippen molar-refractivity contribution in [1.82, 2.24) is 9.38 Å². The van der Waals surface area contributed by atoms with E-state index < -0.39 is 16.0 Å². The standard InChI is InChI=1S/C21H17N3O5S2/c1-14-8-9-24-18(11-14)22-15(12-19(24)25)13-29-21(26)16-5-2-3-6-17(16)23-31(27,28)20-7-4-10-30-20/h2-12,23H,13H2,1H3. The van der Waals surface area contributed by atoms with E-state index in [-0.39, 0.29) is 27.6 Å². The van der Waals surface area contributed by atoms with Crippen LogP contribution in [0.4, 0.5) is 5.69 Å². The summed E-state index contributed by atoms with van der Waals surface area (Å²) >= 11 is 1.07. The molecule has 158 valence electrons. The fourth-order valence-electron chi connectivity index (χ4n) is 2.91. The van der Waals surface area contributed by atoms with Crippen LogP contribution in [0.2, 0.25) is 0 Å². The minimum atomic E-state index is -3.82. The molecular formula is C21H17N3O5S2. The van der Waals surface area contributed by atoms with Gasteiger partial charge in [0.15, 0.2) is 0 Å². The average molecular weight is 456 g/mol. The quantitative estimate of drug-likeness (QED) is 0.448. The maximum Gasteiger partial charge on any atom is 0.340 e. The summed E-state index contributed by atoms with van der Waals surface area (Å²) in [5.74, 6) is -0.740. The number of para-hydroxylation sites is 1. The molecule has 0 saturated heterocycles. The van der Waals surface area contributed by atoms with Gasteiger partial charge in [-0.15, -0.1) is 11.3 Å². The number of hydrogen-bond donors (Lipinski definition) is 1. The summed E-state index contributed by atoms with van der Waals surface area (Å²) in [6, 6.07) is 14.1.